The Balaban J connectivity index is 2.11. The molecule has 1 aromatic carbocycles. The molecule has 3 fully saturated rings. The number of hydrogen-bond donors (Lipinski definition) is 0. The Hall–Kier alpha value is -4.00. The first kappa shape index (κ1) is 33.9. The van der Waals surface area contributed by atoms with Gasteiger partial charge in [0.05, 0.1) is 17.1 Å². The molecular formula is C32H40O13. The van der Waals surface area contributed by atoms with Crippen molar-refractivity contribution in [2.24, 2.45) is 17.3 Å². The quantitative estimate of drug-likeness (QED) is 0.303. The van der Waals surface area contributed by atoms with Crippen LogP contribution in [-0.4, -0.2) is 84.1 Å². The van der Waals surface area contributed by atoms with E-state index in [1.54, 1.807) is 39.0 Å². The second-order valence-corrected chi connectivity index (χ2v) is 12.5. The third kappa shape index (κ3) is 5.89. The van der Waals surface area contributed by atoms with Gasteiger partial charge in [-0.3, -0.25) is 24.0 Å². The zero-order chi connectivity index (χ0) is 33.5. The van der Waals surface area contributed by atoms with Gasteiger partial charge < -0.3 is 33.2 Å². The molecule has 13 heteroatoms. The highest BCUT2D eigenvalue weighted by atomic mass is 16.6. The van der Waals surface area contributed by atoms with Gasteiger partial charge >= 0.3 is 35.8 Å². The molecule has 246 valence electrons. The molecule has 2 saturated carbocycles. The minimum atomic E-state index is -1.94. The second-order valence-electron chi connectivity index (χ2n) is 12.5. The van der Waals surface area contributed by atoms with Crippen molar-refractivity contribution in [1.82, 2.24) is 0 Å². The predicted molar refractivity (Wildman–Crippen MR) is 152 cm³/mol. The van der Waals surface area contributed by atoms with E-state index in [0.717, 1.165) is 20.8 Å². The molecule has 0 unspecified atom stereocenters. The highest BCUT2D eigenvalue weighted by Crippen LogP contribution is 2.68. The zero-order valence-corrected chi connectivity index (χ0v) is 26.6. The summed E-state index contributed by atoms with van der Waals surface area (Å²) in [7, 11) is 0. The van der Waals surface area contributed by atoms with Crippen molar-refractivity contribution >= 4 is 35.8 Å². The van der Waals surface area contributed by atoms with Crippen molar-refractivity contribution in [1.29, 1.82) is 0 Å². The molecule has 1 spiro atoms. The van der Waals surface area contributed by atoms with Crippen molar-refractivity contribution in [2.75, 3.05) is 6.61 Å². The van der Waals surface area contributed by atoms with E-state index < -0.39 is 101 Å². The maximum absolute atomic E-state index is 13.7. The van der Waals surface area contributed by atoms with Gasteiger partial charge in [0.15, 0.2) is 12.2 Å². The maximum atomic E-state index is 13.7. The Morgan fingerprint density at radius 3 is 1.80 bits per heavy atom. The summed E-state index contributed by atoms with van der Waals surface area (Å²) in [6.45, 7) is 10.4. The molecular weight excluding hydrogens is 592 g/mol. The molecule has 4 rings (SSSR count). The van der Waals surface area contributed by atoms with Gasteiger partial charge in [0.1, 0.15) is 35.9 Å². The molecule has 1 aliphatic heterocycles. The fraction of sp³-hybridized carbons (Fsp3) is 0.625. The van der Waals surface area contributed by atoms with Crippen LogP contribution in [-0.2, 0) is 57.1 Å². The van der Waals surface area contributed by atoms with Crippen LogP contribution in [0.15, 0.2) is 30.3 Å². The van der Waals surface area contributed by atoms with Crippen LogP contribution in [0.2, 0.25) is 0 Å². The lowest BCUT2D eigenvalue weighted by Gasteiger charge is -2.64. The second kappa shape index (κ2) is 12.4. The molecule has 1 heterocycles. The summed E-state index contributed by atoms with van der Waals surface area (Å²) in [6, 6.07) is 8.07. The first-order chi connectivity index (χ1) is 21.0. The van der Waals surface area contributed by atoms with Gasteiger partial charge in [0.25, 0.3) is 0 Å². The molecule has 0 N–H and O–H groups in total. The van der Waals surface area contributed by atoms with Crippen molar-refractivity contribution < 1.29 is 61.9 Å². The molecule has 1 saturated heterocycles. The summed E-state index contributed by atoms with van der Waals surface area (Å²) in [5.41, 5.74) is -4.69. The zero-order valence-electron chi connectivity index (χ0n) is 26.6. The van der Waals surface area contributed by atoms with E-state index in [2.05, 4.69) is 0 Å². The van der Waals surface area contributed by atoms with Crippen LogP contribution >= 0.6 is 0 Å². The van der Waals surface area contributed by atoms with Gasteiger partial charge in [-0.05, 0) is 38.3 Å². The number of carbonyl (C=O) groups is 6. The Kier molecular flexibility index (Phi) is 9.35. The van der Waals surface area contributed by atoms with Gasteiger partial charge in [-0.25, -0.2) is 4.79 Å². The molecule has 0 radical (unpaired) electrons. The van der Waals surface area contributed by atoms with E-state index in [1.807, 2.05) is 0 Å². The van der Waals surface area contributed by atoms with Crippen molar-refractivity contribution in [3.63, 3.8) is 0 Å². The molecule has 0 amide bonds. The highest BCUT2D eigenvalue weighted by Gasteiger charge is 2.85. The lowest BCUT2D eigenvalue weighted by Crippen LogP contribution is -2.81. The number of hydrogen-bond acceptors (Lipinski definition) is 13. The van der Waals surface area contributed by atoms with Gasteiger partial charge in [0.2, 0.25) is 0 Å². The number of carbonyl (C=O) groups excluding carboxylic acids is 6. The molecule has 3 aliphatic rings. The third-order valence-electron chi connectivity index (χ3n) is 9.00. The van der Waals surface area contributed by atoms with Crippen LogP contribution in [0.25, 0.3) is 0 Å². The number of fused-ring (bicyclic) bond motifs is 1. The summed E-state index contributed by atoms with van der Waals surface area (Å²) in [6.07, 6.45) is -6.73. The Morgan fingerprint density at radius 2 is 1.27 bits per heavy atom. The molecule has 13 nitrogen and oxygen atoms in total. The first-order valence-corrected chi connectivity index (χ1v) is 14.8. The van der Waals surface area contributed by atoms with Crippen LogP contribution in [0, 0.1) is 17.3 Å². The lowest BCUT2D eigenvalue weighted by atomic mass is 9.47. The van der Waals surface area contributed by atoms with Gasteiger partial charge in [-0.1, -0.05) is 25.1 Å². The smallest absolute Gasteiger partial charge is 0.338 e. The number of esters is 6. The minimum absolute atomic E-state index is 0.0567. The minimum Gasteiger partial charge on any atom is -0.465 e. The summed E-state index contributed by atoms with van der Waals surface area (Å²) in [5, 5.41) is 0. The molecule has 2 aliphatic carbocycles. The summed E-state index contributed by atoms with van der Waals surface area (Å²) >= 11 is 0. The fourth-order valence-electron chi connectivity index (χ4n) is 7.80. The molecule has 1 aromatic rings. The van der Waals surface area contributed by atoms with Crippen LogP contribution in [0.3, 0.4) is 0 Å². The monoisotopic (exact) mass is 632 g/mol. The van der Waals surface area contributed by atoms with Crippen molar-refractivity contribution in [2.45, 2.75) is 104 Å². The van der Waals surface area contributed by atoms with Gasteiger partial charge in [-0.15, -0.1) is 0 Å². The fourth-order valence-corrected chi connectivity index (χ4v) is 7.80. The lowest BCUT2D eigenvalue weighted by molar-refractivity contribution is -0.330. The SMILES string of the molecule is CC(=O)OC[C@]12[C@@H](OC(C)=O)[C@H](OC(=O)c3ccccc3)[C@@H]3[C@H](OC(C)=O)[C@]1(OC3(C)C)[C@@H](C)C[C@@H](OC(C)=O)[C@@H]2OC(C)=O. The van der Waals surface area contributed by atoms with E-state index in [1.165, 1.54) is 26.0 Å². The summed E-state index contributed by atoms with van der Waals surface area (Å²) in [4.78, 5) is 76.9. The molecule has 9 atom stereocenters. The molecule has 0 aromatic heterocycles. The van der Waals surface area contributed by atoms with Gasteiger partial charge in [0, 0.05) is 34.6 Å². The van der Waals surface area contributed by atoms with E-state index >= 15 is 0 Å². The van der Waals surface area contributed by atoms with Crippen LogP contribution in [0.5, 0.6) is 0 Å². The third-order valence-corrected chi connectivity index (χ3v) is 9.00. The predicted octanol–water partition coefficient (Wildman–Crippen LogP) is 2.71. The van der Waals surface area contributed by atoms with Crippen molar-refractivity contribution in [3.8, 4) is 0 Å². The van der Waals surface area contributed by atoms with E-state index in [9.17, 15) is 28.8 Å². The summed E-state index contributed by atoms with van der Waals surface area (Å²) in [5.74, 6) is -6.12. The topological polar surface area (TPSA) is 167 Å². The standard InChI is InChI=1S/C32H40O13/c1-16-14-23(40-18(3)34)26(41-19(4)35)31(15-39-17(2)33)28(43-21(6)37)25(44-29(38)22-12-10-9-11-13-22)24-27(42-20(5)36)32(16,31)45-30(24,7)8/h9-13,16,23-28H,14-15H2,1-8H3/t16-,23+,24+,25+,26-,27-,28-,31-,32+/m0/s1. The maximum Gasteiger partial charge on any atom is 0.338 e. The first-order valence-electron chi connectivity index (χ1n) is 14.8. The summed E-state index contributed by atoms with van der Waals surface area (Å²) < 4.78 is 42.4. The Morgan fingerprint density at radius 1 is 0.733 bits per heavy atom. The molecule has 45 heavy (non-hydrogen) atoms. The van der Waals surface area contributed by atoms with E-state index in [0.29, 0.717) is 0 Å². The Bertz CT molecular complexity index is 1360. The van der Waals surface area contributed by atoms with Crippen LogP contribution in [0.4, 0.5) is 0 Å². The van der Waals surface area contributed by atoms with Crippen LogP contribution in [0.1, 0.15) is 72.2 Å². The average Bonchev–Trinajstić information content (AvgIpc) is 3.11. The number of rotatable bonds is 8. The van der Waals surface area contributed by atoms with Crippen LogP contribution < -0.4 is 0 Å². The highest BCUT2D eigenvalue weighted by molar-refractivity contribution is 5.89. The largest absolute Gasteiger partial charge is 0.465 e. The van der Waals surface area contributed by atoms with Gasteiger partial charge in [-0.2, -0.15) is 0 Å². The van der Waals surface area contributed by atoms with E-state index in [-0.39, 0.29) is 12.0 Å². The molecule has 2 bridgehead atoms. The van der Waals surface area contributed by atoms with E-state index in [4.69, 9.17) is 33.2 Å². The number of ether oxygens (including phenoxy) is 7. The Labute approximate surface area is 261 Å². The number of benzene rings is 1. The average molecular weight is 633 g/mol. The van der Waals surface area contributed by atoms with Crippen molar-refractivity contribution in [3.05, 3.63) is 35.9 Å². The normalized spacial score (nSPS) is 34.4.